The molecule has 1 aromatic rings. The van der Waals surface area contributed by atoms with Crippen LogP contribution in [-0.4, -0.2) is 26.4 Å². The largest absolute Gasteiger partial charge is 0.372 e. The van der Waals surface area contributed by atoms with E-state index in [1.807, 2.05) is 0 Å². The van der Waals surface area contributed by atoms with Crippen molar-refractivity contribution in [2.45, 2.75) is 24.5 Å². The molecule has 2 unspecified atom stereocenters. The summed E-state index contributed by atoms with van der Waals surface area (Å²) in [6.45, 7) is 4.75. The van der Waals surface area contributed by atoms with Crippen molar-refractivity contribution in [3.63, 3.8) is 0 Å². The first-order chi connectivity index (χ1) is 9.35. The Morgan fingerprint density at radius 3 is 2.70 bits per heavy atom. The summed E-state index contributed by atoms with van der Waals surface area (Å²) >= 11 is 0.889. The number of hydrogen-bond acceptors (Lipinski definition) is 6. The van der Waals surface area contributed by atoms with E-state index in [0.29, 0.717) is 24.9 Å². The highest BCUT2D eigenvalue weighted by Crippen LogP contribution is 2.39. The fourth-order valence-electron chi connectivity index (χ4n) is 1.89. The van der Waals surface area contributed by atoms with Crippen LogP contribution < -0.4 is 10.0 Å². The van der Waals surface area contributed by atoms with Crippen molar-refractivity contribution in [3.05, 3.63) is 16.2 Å². The van der Waals surface area contributed by atoms with E-state index in [4.69, 9.17) is 0 Å². The monoisotopic (exact) mass is 319 g/mol. The van der Waals surface area contributed by atoms with Gasteiger partial charge in [0.1, 0.15) is 4.21 Å². The topological polar surface area (TPSA) is 101 Å². The lowest BCUT2D eigenvalue weighted by Gasteiger charge is -2.03. The molecule has 112 valence electrons. The van der Waals surface area contributed by atoms with E-state index in [-0.39, 0.29) is 14.9 Å². The minimum atomic E-state index is -3.67. The van der Waals surface area contributed by atoms with Crippen molar-refractivity contribution in [1.29, 1.82) is 0 Å². The number of hydrogen-bond donors (Lipinski definition) is 2. The van der Waals surface area contributed by atoms with E-state index in [1.54, 1.807) is 6.92 Å². The summed E-state index contributed by atoms with van der Waals surface area (Å²) in [6, 6.07) is 1.11. The Kier molecular flexibility index (Phi) is 4.31. The second kappa shape index (κ2) is 5.66. The zero-order valence-corrected chi connectivity index (χ0v) is 12.9. The molecule has 0 amide bonds. The molecule has 1 aliphatic carbocycles. The summed E-state index contributed by atoms with van der Waals surface area (Å²) in [4.78, 5) is 10.3. The first kappa shape index (κ1) is 15.2. The second-order valence-electron chi connectivity index (χ2n) is 4.89. The molecule has 0 spiro atoms. The zero-order valence-electron chi connectivity index (χ0n) is 11.3. The van der Waals surface area contributed by atoms with E-state index >= 15 is 0 Å². The van der Waals surface area contributed by atoms with Gasteiger partial charge in [-0.15, -0.1) is 0 Å². The van der Waals surface area contributed by atoms with Gasteiger partial charge in [0.15, 0.2) is 5.00 Å². The number of sulfonamides is 1. The third kappa shape index (κ3) is 3.28. The molecule has 2 rings (SSSR count). The molecule has 0 saturated heterocycles. The van der Waals surface area contributed by atoms with Crippen LogP contribution in [0.5, 0.6) is 0 Å². The van der Waals surface area contributed by atoms with E-state index in [1.165, 1.54) is 0 Å². The highest BCUT2D eigenvalue weighted by atomic mass is 32.2. The van der Waals surface area contributed by atoms with Gasteiger partial charge in [-0.1, -0.05) is 18.3 Å². The van der Waals surface area contributed by atoms with E-state index in [0.717, 1.165) is 23.8 Å². The molecule has 0 aromatic carbocycles. The fraction of sp³-hybridized carbons (Fsp3) is 0.636. The summed E-state index contributed by atoms with van der Waals surface area (Å²) < 4.78 is 26.7. The first-order valence-corrected chi connectivity index (χ1v) is 8.67. The van der Waals surface area contributed by atoms with Crippen LogP contribution in [0.1, 0.15) is 20.3 Å². The Balaban J connectivity index is 2.17. The fourth-order valence-corrected chi connectivity index (χ4v) is 4.42. The van der Waals surface area contributed by atoms with Crippen LogP contribution in [0.15, 0.2) is 10.3 Å². The van der Waals surface area contributed by atoms with Gasteiger partial charge in [-0.2, -0.15) is 0 Å². The standard InChI is InChI=1S/C11H17N3O4S2/c1-3-12-11-9(14(15)16)5-10(19-11)20(17,18)13-6-8-4-7(8)2/h5,7-8,12-13H,3-4,6H2,1-2H3. The number of anilines is 1. The number of nitro groups is 1. The third-order valence-corrected chi connectivity index (χ3v) is 6.28. The molecule has 1 aromatic heterocycles. The van der Waals surface area contributed by atoms with E-state index in [9.17, 15) is 18.5 Å². The lowest BCUT2D eigenvalue weighted by atomic mass is 10.3. The van der Waals surface area contributed by atoms with Crippen molar-refractivity contribution in [1.82, 2.24) is 4.72 Å². The van der Waals surface area contributed by atoms with Crippen LogP contribution in [0, 0.1) is 22.0 Å². The van der Waals surface area contributed by atoms with Gasteiger partial charge in [0.2, 0.25) is 10.0 Å². The summed E-state index contributed by atoms with van der Waals surface area (Å²) in [5.41, 5.74) is -0.197. The highest BCUT2D eigenvalue weighted by Gasteiger charge is 2.34. The van der Waals surface area contributed by atoms with Crippen molar-refractivity contribution >= 4 is 32.0 Å². The normalized spacial score (nSPS) is 21.7. The smallest absolute Gasteiger partial charge is 0.304 e. The minimum Gasteiger partial charge on any atom is -0.372 e. The Bertz CT molecular complexity index is 611. The van der Waals surface area contributed by atoms with Crippen LogP contribution in [-0.2, 0) is 10.0 Å². The molecule has 2 atom stereocenters. The Morgan fingerprint density at radius 1 is 1.55 bits per heavy atom. The molecule has 1 heterocycles. The molecule has 1 aliphatic rings. The maximum Gasteiger partial charge on any atom is 0.304 e. The van der Waals surface area contributed by atoms with Crippen molar-refractivity contribution in [2.75, 3.05) is 18.4 Å². The van der Waals surface area contributed by atoms with Crippen LogP contribution in [0.4, 0.5) is 10.7 Å². The highest BCUT2D eigenvalue weighted by molar-refractivity contribution is 7.91. The predicted octanol–water partition coefficient (Wildman–Crippen LogP) is 2.02. The summed E-state index contributed by atoms with van der Waals surface area (Å²) in [5.74, 6) is 0.931. The number of rotatable bonds is 7. The van der Waals surface area contributed by atoms with Crippen molar-refractivity contribution in [3.8, 4) is 0 Å². The molecule has 0 radical (unpaired) electrons. The van der Waals surface area contributed by atoms with Crippen molar-refractivity contribution < 1.29 is 13.3 Å². The Hall–Kier alpha value is -1.19. The lowest BCUT2D eigenvalue weighted by Crippen LogP contribution is -2.25. The minimum absolute atomic E-state index is 0.0200. The van der Waals surface area contributed by atoms with Crippen LogP contribution in [0.25, 0.3) is 0 Å². The quantitative estimate of drug-likeness (QED) is 0.591. The first-order valence-electron chi connectivity index (χ1n) is 6.37. The van der Waals surface area contributed by atoms with Gasteiger partial charge in [0.05, 0.1) is 4.92 Å². The maximum absolute atomic E-state index is 12.1. The van der Waals surface area contributed by atoms with Gasteiger partial charge < -0.3 is 5.32 Å². The summed E-state index contributed by atoms with van der Waals surface area (Å²) in [6.07, 6.45) is 1.02. The molecule has 0 bridgehead atoms. The van der Waals surface area contributed by atoms with Gasteiger partial charge in [0, 0.05) is 19.2 Å². The van der Waals surface area contributed by atoms with Crippen molar-refractivity contribution in [2.24, 2.45) is 11.8 Å². The number of nitrogens with one attached hydrogen (secondary N) is 2. The molecule has 1 saturated carbocycles. The average Bonchev–Trinajstić information content (AvgIpc) is 2.88. The molecular weight excluding hydrogens is 302 g/mol. The second-order valence-corrected chi connectivity index (χ2v) is 7.94. The summed E-state index contributed by atoms with van der Waals surface area (Å²) in [5, 5.41) is 14.0. The van der Waals surface area contributed by atoms with Gasteiger partial charge >= 0.3 is 5.69 Å². The summed E-state index contributed by atoms with van der Waals surface area (Å²) in [7, 11) is -3.67. The molecule has 7 nitrogen and oxygen atoms in total. The predicted molar refractivity (Wildman–Crippen MR) is 77.6 cm³/mol. The molecule has 9 heteroatoms. The average molecular weight is 319 g/mol. The lowest BCUT2D eigenvalue weighted by molar-refractivity contribution is -0.383. The van der Waals surface area contributed by atoms with E-state index in [2.05, 4.69) is 17.0 Å². The van der Waals surface area contributed by atoms with Gasteiger partial charge in [-0.25, -0.2) is 13.1 Å². The van der Waals surface area contributed by atoms with Crippen LogP contribution in [0.2, 0.25) is 0 Å². The van der Waals surface area contributed by atoms with Crippen LogP contribution in [0.3, 0.4) is 0 Å². The zero-order chi connectivity index (χ0) is 14.9. The maximum atomic E-state index is 12.1. The Morgan fingerprint density at radius 2 is 2.20 bits per heavy atom. The van der Waals surface area contributed by atoms with Gasteiger partial charge in [0.25, 0.3) is 0 Å². The van der Waals surface area contributed by atoms with E-state index < -0.39 is 14.9 Å². The SMILES string of the molecule is CCNc1sc(S(=O)(=O)NCC2CC2C)cc1[N+](=O)[O-]. The molecule has 0 aliphatic heterocycles. The molecule has 2 N–H and O–H groups in total. The van der Waals surface area contributed by atoms with Gasteiger partial charge in [-0.3, -0.25) is 10.1 Å². The molecule has 1 fully saturated rings. The van der Waals surface area contributed by atoms with Crippen LogP contribution >= 0.6 is 11.3 Å². The molecular formula is C11H17N3O4S2. The number of thiophene rings is 1. The number of nitrogens with zero attached hydrogens (tertiary/aromatic N) is 1. The molecule has 20 heavy (non-hydrogen) atoms. The van der Waals surface area contributed by atoms with Gasteiger partial charge in [-0.05, 0) is 25.2 Å². The Labute approximate surface area is 121 Å². The third-order valence-electron chi connectivity index (χ3n) is 3.30.